The number of nitrogens with two attached hydrogens (primary N) is 1. The molecule has 0 aliphatic heterocycles. The molecule has 0 unspecified atom stereocenters. The predicted molar refractivity (Wildman–Crippen MR) is 78.2 cm³/mol. The van der Waals surface area contributed by atoms with E-state index in [1.165, 1.54) is 0 Å². The molecular formula is C13H22N6O. The lowest BCUT2D eigenvalue weighted by Crippen LogP contribution is -2.39. The average molecular weight is 278 g/mol. The van der Waals surface area contributed by atoms with E-state index in [0.29, 0.717) is 24.1 Å². The van der Waals surface area contributed by atoms with Crippen molar-refractivity contribution >= 4 is 17.5 Å². The van der Waals surface area contributed by atoms with E-state index in [0.717, 1.165) is 18.7 Å². The van der Waals surface area contributed by atoms with E-state index in [9.17, 15) is 4.79 Å². The quantitative estimate of drug-likeness (QED) is 0.453. The minimum absolute atomic E-state index is 0.0151. The Hall–Kier alpha value is -1.89. The van der Waals surface area contributed by atoms with Gasteiger partial charge >= 0.3 is 0 Å². The Morgan fingerprint density at radius 1 is 1.40 bits per heavy atom. The lowest BCUT2D eigenvalue weighted by molar-refractivity contribution is -0.128. The fourth-order valence-electron chi connectivity index (χ4n) is 1.88. The number of carbonyl (C=O) groups is 1. The van der Waals surface area contributed by atoms with Crippen molar-refractivity contribution in [2.75, 3.05) is 24.3 Å². The molecule has 5 N–H and O–H groups in total. The zero-order valence-corrected chi connectivity index (χ0v) is 12.2. The summed E-state index contributed by atoms with van der Waals surface area (Å²) in [6.07, 6.45) is 2.24. The van der Waals surface area contributed by atoms with Crippen LogP contribution in [0.3, 0.4) is 0 Å². The zero-order chi connectivity index (χ0) is 14.8. The Morgan fingerprint density at radius 3 is 2.60 bits per heavy atom. The third kappa shape index (κ3) is 3.36. The first-order valence-corrected chi connectivity index (χ1v) is 6.78. The molecule has 1 amide bonds. The standard InChI is InChI=1S/C13H22N6O/c1-13(2,12(20)15-3)7-16-9-6-10(19-14)18-11(17-9)8-4-5-8/h6,8H,4-5,7,14H2,1-3H3,(H,15,20)(H2,16,17,18,19). The highest BCUT2D eigenvalue weighted by Crippen LogP contribution is 2.38. The number of hydrogen-bond donors (Lipinski definition) is 4. The van der Waals surface area contributed by atoms with Crippen molar-refractivity contribution in [2.24, 2.45) is 11.3 Å². The van der Waals surface area contributed by atoms with Gasteiger partial charge in [-0.2, -0.15) is 0 Å². The Kier molecular flexibility index (Phi) is 4.08. The number of hydrazine groups is 1. The van der Waals surface area contributed by atoms with Crippen molar-refractivity contribution in [3.63, 3.8) is 0 Å². The van der Waals surface area contributed by atoms with Gasteiger partial charge in [-0.05, 0) is 26.7 Å². The van der Waals surface area contributed by atoms with E-state index >= 15 is 0 Å². The van der Waals surface area contributed by atoms with Crippen LogP contribution in [-0.2, 0) is 4.79 Å². The number of nitrogen functional groups attached to an aromatic ring is 1. The normalized spacial score (nSPS) is 14.8. The highest BCUT2D eigenvalue weighted by atomic mass is 16.2. The molecule has 1 saturated carbocycles. The van der Waals surface area contributed by atoms with Gasteiger partial charge in [-0.15, -0.1) is 0 Å². The second kappa shape index (κ2) is 5.62. The number of nitrogens with one attached hydrogen (secondary N) is 3. The number of carbonyl (C=O) groups excluding carboxylic acids is 1. The summed E-state index contributed by atoms with van der Waals surface area (Å²) in [7, 11) is 1.64. The number of hydrogen-bond acceptors (Lipinski definition) is 6. The van der Waals surface area contributed by atoms with Crippen LogP contribution in [0.4, 0.5) is 11.6 Å². The number of amides is 1. The maximum Gasteiger partial charge on any atom is 0.227 e. The summed E-state index contributed by atoms with van der Waals surface area (Å²) in [6.45, 7) is 4.24. The summed E-state index contributed by atoms with van der Waals surface area (Å²) >= 11 is 0. The van der Waals surface area contributed by atoms with Gasteiger partial charge in [0, 0.05) is 25.6 Å². The molecule has 1 heterocycles. The smallest absolute Gasteiger partial charge is 0.227 e. The van der Waals surface area contributed by atoms with Crippen molar-refractivity contribution < 1.29 is 4.79 Å². The Labute approximate surface area is 118 Å². The molecule has 1 aliphatic carbocycles. The first kappa shape index (κ1) is 14.5. The van der Waals surface area contributed by atoms with Crippen molar-refractivity contribution in [2.45, 2.75) is 32.6 Å². The van der Waals surface area contributed by atoms with Crippen LogP contribution in [0.2, 0.25) is 0 Å². The third-order valence-electron chi connectivity index (χ3n) is 3.39. The van der Waals surface area contributed by atoms with E-state index < -0.39 is 5.41 Å². The molecule has 7 nitrogen and oxygen atoms in total. The summed E-state index contributed by atoms with van der Waals surface area (Å²) in [5.74, 6) is 7.93. The van der Waals surface area contributed by atoms with Crippen LogP contribution in [0.15, 0.2) is 6.07 Å². The van der Waals surface area contributed by atoms with Gasteiger partial charge in [0.25, 0.3) is 0 Å². The number of nitrogens with zero attached hydrogens (tertiary/aromatic N) is 2. The molecule has 0 saturated heterocycles. The second-order valence-corrected chi connectivity index (χ2v) is 5.73. The fraction of sp³-hybridized carbons (Fsp3) is 0.615. The van der Waals surface area contributed by atoms with Crippen LogP contribution >= 0.6 is 0 Å². The highest BCUT2D eigenvalue weighted by Gasteiger charge is 2.29. The predicted octanol–water partition coefficient (Wildman–Crippen LogP) is 0.824. The van der Waals surface area contributed by atoms with Crippen LogP contribution in [-0.4, -0.2) is 29.5 Å². The molecule has 1 aliphatic rings. The maximum absolute atomic E-state index is 11.7. The van der Waals surface area contributed by atoms with E-state index in [4.69, 9.17) is 5.84 Å². The highest BCUT2D eigenvalue weighted by molar-refractivity contribution is 5.82. The van der Waals surface area contributed by atoms with Crippen molar-refractivity contribution in [3.05, 3.63) is 11.9 Å². The lowest BCUT2D eigenvalue weighted by Gasteiger charge is -2.23. The molecule has 110 valence electrons. The van der Waals surface area contributed by atoms with E-state index in [-0.39, 0.29) is 5.91 Å². The molecule has 1 aromatic heterocycles. The largest absolute Gasteiger partial charge is 0.369 e. The third-order valence-corrected chi connectivity index (χ3v) is 3.39. The van der Waals surface area contributed by atoms with Crippen molar-refractivity contribution in [3.8, 4) is 0 Å². The average Bonchev–Trinajstić information content (AvgIpc) is 3.28. The van der Waals surface area contributed by atoms with Gasteiger partial charge in [-0.3, -0.25) is 4.79 Å². The van der Waals surface area contributed by atoms with Crippen LogP contribution in [0.1, 0.15) is 38.4 Å². The Morgan fingerprint density at radius 2 is 2.05 bits per heavy atom. The van der Waals surface area contributed by atoms with Gasteiger partial charge in [0.2, 0.25) is 5.91 Å². The summed E-state index contributed by atoms with van der Waals surface area (Å²) in [4.78, 5) is 20.6. The fourth-order valence-corrected chi connectivity index (χ4v) is 1.88. The Bertz CT molecular complexity index is 498. The topological polar surface area (TPSA) is 105 Å². The van der Waals surface area contributed by atoms with E-state index in [1.807, 2.05) is 13.8 Å². The van der Waals surface area contributed by atoms with Crippen LogP contribution in [0, 0.1) is 5.41 Å². The first-order valence-electron chi connectivity index (χ1n) is 6.78. The van der Waals surface area contributed by atoms with Gasteiger partial charge < -0.3 is 16.1 Å². The summed E-state index contributed by atoms with van der Waals surface area (Å²) < 4.78 is 0. The molecule has 0 aromatic carbocycles. The van der Waals surface area contributed by atoms with Crippen molar-refractivity contribution in [1.29, 1.82) is 0 Å². The molecule has 1 fully saturated rings. The summed E-state index contributed by atoms with van der Waals surface area (Å²) in [6, 6.07) is 1.74. The van der Waals surface area contributed by atoms with Gasteiger partial charge in [0.05, 0.1) is 5.41 Å². The number of anilines is 2. The lowest BCUT2D eigenvalue weighted by atomic mass is 9.92. The van der Waals surface area contributed by atoms with Gasteiger partial charge in [0.1, 0.15) is 17.5 Å². The van der Waals surface area contributed by atoms with Gasteiger partial charge in [-0.25, -0.2) is 15.8 Å². The summed E-state index contributed by atoms with van der Waals surface area (Å²) in [5.41, 5.74) is 2.03. The first-order chi connectivity index (χ1) is 9.46. The zero-order valence-electron chi connectivity index (χ0n) is 12.2. The van der Waals surface area contributed by atoms with Gasteiger partial charge in [0.15, 0.2) is 0 Å². The second-order valence-electron chi connectivity index (χ2n) is 5.73. The maximum atomic E-state index is 11.7. The molecule has 0 atom stereocenters. The molecule has 0 spiro atoms. The molecular weight excluding hydrogens is 256 g/mol. The summed E-state index contributed by atoms with van der Waals surface area (Å²) in [5, 5.41) is 5.85. The molecule has 0 bridgehead atoms. The minimum atomic E-state index is -0.518. The number of aromatic nitrogens is 2. The van der Waals surface area contributed by atoms with Crippen LogP contribution in [0.25, 0.3) is 0 Å². The molecule has 2 rings (SSSR count). The Balaban J connectivity index is 2.08. The molecule has 1 aromatic rings. The van der Waals surface area contributed by atoms with Crippen LogP contribution in [0.5, 0.6) is 0 Å². The number of rotatable bonds is 6. The molecule has 7 heteroatoms. The van der Waals surface area contributed by atoms with Gasteiger partial charge in [-0.1, -0.05) is 0 Å². The van der Waals surface area contributed by atoms with Crippen molar-refractivity contribution in [1.82, 2.24) is 15.3 Å². The van der Waals surface area contributed by atoms with E-state index in [2.05, 4.69) is 26.0 Å². The monoisotopic (exact) mass is 278 g/mol. The molecule has 0 radical (unpaired) electrons. The molecule has 20 heavy (non-hydrogen) atoms. The minimum Gasteiger partial charge on any atom is -0.369 e. The van der Waals surface area contributed by atoms with Crippen LogP contribution < -0.4 is 21.9 Å². The van der Waals surface area contributed by atoms with E-state index in [1.54, 1.807) is 13.1 Å². The SMILES string of the molecule is CNC(=O)C(C)(C)CNc1cc(NN)nc(C2CC2)n1.